The molecule has 0 saturated heterocycles. The van der Waals surface area contributed by atoms with Crippen LogP contribution in [-0.4, -0.2) is 51.1 Å². The summed E-state index contributed by atoms with van der Waals surface area (Å²) in [4.78, 5) is 38.6. The van der Waals surface area contributed by atoms with Crippen LogP contribution in [0.5, 0.6) is 5.75 Å². The number of phenols is 1. The van der Waals surface area contributed by atoms with Gasteiger partial charge in [-0.2, -0.15) is 0 Å². The quantitative estimate of drug-likeness (QED) is 0.251. The first kappa shape index (κ1) is 28.4. The van der Waals surface area contributed by atoms with Crippen LogP contribution < -0.4 is 5.73 Å². The Morgan fingerprint density at radius 2 is 1.69 bits per heavy atom. The summed E-state index contributed by atoms with van der Waals surface area (Å²) in [6, 6.07) is 5.53. The molecule has 2 amide bonds. The summed E-state index contributed by atoms with van der Waals surface area (Å²) in [7, 11) is 0. The number of nitrogens with two attached hydrogens (primary N) is 1. The summed E-state index contributed by atoms with van der Waals surface area (Å²) in [5, 5.41) is 19.6. The van der Waals surface area contributed by atoms with E-state index < -0.39 is 29.9 Å². The number of esters is 1. The van der Waals surface area contributed by atoms with E-state index in [1.165, 1.54) is 17.0 Å². The Balaban J connectivity index is 1.98. The number of amides is 2. The van der Waals surface area contributed by atoms with E-state index >= 15 is 0 Å². The summed E-state index contributed by atoms with van der Waals surface area (Å²) in [5.41, 5.74) is 6.12. The Morgan fingerprint density at radius 1 is 1.06 bits per heavy atom. The number of hydrogen-bond donors (Lipinski definition) is 3. The largest absolute Gasteiger partial charge is 0.507 e. The zero-order chi connectivity index (χ0) is 25.8. The number of aliphatic hydroxyl groups excluding tert-OH is 1. The molecule has 0 bridgehead atoms. The van der Waals surface area contributed by atoms with Crippen molar-refractivity contribution in [2.75, 3.05) is 0 Å². The van der Waals surface area contributed by atoms with Crippen LogP contribution in [0, 0.1) is 0 Å². The maximum Gasteiger partial charge on any atom is 0.329 e. The van der Waals surface area contributed by atoms with Crippen LogP contribution in [0.3, 0.4) is 0 Å². The molecule has 3 atom stereocenters. The van der Waals surface area contributed by atoms with Gasteiger partial charge in [0.2, 0.25) is 5.91 Å². The van der Waals surface area contributed by atoms with E-state index in [0.717, 1.165) is 50.5 Å². The monoisotopic (exact) mass is 488 g/mol. The van der Waals surface area contributed by atoms with Crippen LogP contribution >= 0.6 is 0 Å². The number of primary amides is 1. The van der Waals surface area contributed by atoms with Crippen molar-refractivity contribution in [2.45, 2.75) is 103 Å². The number of carbonyl (C=O) groups is 3. The van der Waals surface area contributed by atoms with E-state index in [1.54, 1.807) is 18.3 Å². The molecule has 0 unspecified atom stereocenters. The lowest BCUT2D eigenvalue weighted by Crippen LogP contribution is -2.41. The fraction of sp³-hybridized carbons (Fsp3) is 0.593. The van der Waals surface area contributed by atoms with E-state index in [9.17, 15) is 24.6 Å². The molecule has 0 fully saturated rings. The maximum absolute atomic E-state index is 13.2. The lowest BCUT2D eigenvalue weighted by Gasteiger charge is -2.26. The zero-order valence-electron chi connectivity index (χ0n) is 20.9. The number of benzene rings is 1. The topological polar surface area (TPSA) is 130 Å². The zero-order valence-corrected chi connectivity index (χ0v) is 20.9. The highest BCUT2D eigenvalue weighted by Crippen LogP contribution is 2.28. The van der Waals surface area contributed by atoms with Crippen LogP contribution in [-0.2, 0) is 14.3 Å². The van der Waals surface area contributed by atoms with Crippen molar-refractivity contribution in [3.05, 3.63) is 41.6 Å². The number of phenolic OH excluding ortho intramolecular Hbond substituents is 1. The number of nitrogens with zero attached hydrogens (tertiary/aromatic N) is 1. The second-order valence-corrected chi connectivity index (χ2v) is 9.39. The van der Waals surface area contributed by atoms with Crippen molar-refractivity contribution in [1.82, 2.24) is 4.90 Å². The lowest BCUT2D eigenvalue weighted by atomic mass is 10.0. The average Bonchev–Trinajstić information content (AvgIpc) is 3.22. The molecule has 0 aromatic heterocycles. The van der Waals surface area contributed by atoms with Gasteiger partial charge in [0.05, 0.1) is 5.56 Å². The van der Waals surface area contributed by atoms with Crippen molar-refractivity contribution in [3.63, 3.8) is 0 Å². The van der Waals surface area contributed by atoms with Crippen LogP contribution in [0.25, 0.3) is 0 Å². The van der Waals surface area contributed by atoms with Crippen molar-refractivity contribution < 1.29 is 29.3 Å². The summed E-state index contributed by atoms with van der Waals surface area (Å²) >= 11 is 0. The van der Waals surface area contributed by atoms with Gasteiger partial charge in [0.1, 0.15) is 24.0 Å². The van der Waals surface area contributed by atoms with Crippen LogP contribution in [0.4, 0.5) is 0 Å². The van der Waals surface area contributed by atoms with Crippen LogP contribution in [0.2, 0.25) is 0 Å². The van der Waals surface area contributed by atoms with Gasteiger partial charge in [-0.15, -0.1) is 0 Å². The number of aromatic hydroxyl groups is 1. The van der Waals surface area contributed by atoms with Crippen LogP contribution in [0.1, 0.15) is 94.8 Å². The van der Waals surface area contributed by atoms with Crippen molar-refractivity contribution in [3.8, 4) is 5.75 Å². The third kappa shape index (κ3) is 9.02. The Bertz CT molecular complexity index is 884. The molecule has 8 nitrogen and oxygen atoms in total. The van der Waals surface area contributed by atoms with Gasteiger partial charge in [0.15, 0.2) is 0 Å². The van der Waals surface area contributed by atoms with Gasteiger partial charge in [0.25, 0.3) is 5.91 Å². The Morgan fingerprint density at radius 3 is 2.31 bits per heavy atom. The molecular weight excluding hydrogens is 448 g/mol. The number of rotatable bonds is 15. The molecule has 1 aliphatic heterocycles. The molecule has 194 valence electrons. The second-order valence-electron chi connectivity index (χ2n) is 9.39. The molecular formula is C27H40N2O6. The maximum atomic E-state index is 13.2. The van der Waals surface area contributed by atoms with Gasteiger partial charge in [-0.1, -0.05) is 56.7 Å². The van der Waals surface area contributed by atoms with Crippen LogP contribution in [0.15, 0.2) is 36.0 Å². The molecule has 1 aromatic carbocycles. The van der Waals surface area contributed by atoms with Crippen molar-refractivity contribution in [1.29, 1.82) is 0 Å². The average molecular weight is 489 g/mol. The SMILES string of the molecule is CCCCCC[C@H](CCCCC[C@@H](O)C(N)=O)OC(=O)[C@@H]1CC(C)=CN1C(=O)c1ccccc1O. The summed E-state index contributed by atoms with van der Waals surface area (Å²) in [6.45, 7) is 4.00. The molecule has 2 rings (SSSR count). The van der Waals surface area contributed by atoms with E-state index in [-0.39, 0.29) is 17.4 Å². The van der Waals surface area contributed by atoms with Gasteiger partial charge >= 0.3 is 5.97 Å². The summed E-state index contributed by atoms with van der Waals surface area (Å²) in [6.07, 6.45) is 8.92. The molecule has 0 spiro atoms. The second kappa shape index (κ2) is 14.5. The fourth-order valence-electron chi connectivity index (χ4n) is 4.31. The highest BCUT2D eigenvalue weighted by molar-refractivity contribution is 6.00. The third-order valence-corrected chi connectivity index (χ3v) is 6.35. The number of para-hydroxylation sites is 1. The van der Waals surface area contributed by atoms with Gasteiger partial charge in [-0.25, -0.2) is 4.79 Å². The standard InChI is InChI=1S/C27H40N2O6/c1-3-4-5-7-12-20(13-8-6-9-16-24(31)25(28)32)35-27(34)22-17-19(2)18-29(22)26(33)21-14-10-11-15-23(21)30/h10-11,14-15,18,20,22,24,30-31H,3-9,12-13,16-17H2,1-2H3,(H2,28,32)/t20-,22+,24-/m1/s1. The molecule has 1 heterocycles. The van der Waals surface area contributed by atoms with Gasteiger partial charge < -0.3 is 25.6 Å². The predicted octanol–water partition coefficient (Wildman–Crippen LogP) is 4.19. The highest BCUT2D eigenvalue weighted by atomic mass is 16.5. The summed E-state index contributed by atoms with van der Waals surface area (Å²) in [5.74, 6) is -1.71. The minimum Gasteiger partial charge on any atom is -0.507 e. The molecule has 1 aromatic rings. The molecule has 8 heteroatoms. The number of carbonyl (C=O) groups excluding carboxylic acids is 3. The number of hydrogen-bond acceptors (Lipinski definition) is 6. The number of unbranched alkanes of at least 4 members (excludes halogenated alkanes) is 5. The minimum atomic E-state index is -1.12. The Kier molecular flexibility index (Phi) is 11.8. The first-order valence-corrected chi connectivity index (χ1v) is 12.7. The van der Waals surface area contributed by atoms with Gasteiger partial charge in [-0.3, -0.25) is 9.59 Å². The fourth-order valence-corrected chi connectivity index (χ4v) is 4.31. The first-order valence-electron chi connectivity index (χ1n) is 12.7. The smallest absolute Gasteiger partial charge is 0.329 e. The van der Waals surface area contributed by atoms with Crippen molar-refractivity contribution in [2.24, 2.45) is 5.73 Å². The van der Waals surface area contributed by atoms with E-state index in [1.807, 2.05) is 6.92 Å². The van der Waals surface area contributed by atoms with E-state index in [0.29, 0.717) is 25.7 Å². The van der Waals surface area contributed by atoms with Gasteiger partial charge in [-0.05, 0) is 51.2 Å². The molecule has 0 saturated carbocycles. The molecule has 35 heavy (non-hydrogen) atoms. The molecule has 0 aliphatic carbocycles. The van der Waals surface area contributed by atoms with Gasteiger partial charge in [0, 0.05) is 12.6 Å². The normalized spacial score (nSPS) is 17.1. The molecule has 0 radical (unpaired) electrons. The lowest BCUT2D eigenvalue weighted by molar-refractivity contribution is -0.154. The van der Waals surface area contributed by atoms with E-state index in [2.05, 4.69) is 6.92 Å². The predicted molar refractivity (Wildman–Crippen MR) is 133 cm³/mol. The third-order valence-electron chi connectivity index (χ3n) is 6.35. The number of aliphatic hydroxyl groups is 1. The Hall–Kier alpha value is -2.87. The minimum absolute atomic E-state index is 0.127. The van der Waals surface area contributed by atoms with Crippen molar-refractivity contribution >= 4 is 17.8 Å². The Labute approximate surface area is 208 Å². The summed E-state index contributed by atoms with van der Waals surface area (Å²) < 4.78 is 5.92. The molecule has 1 aliphatic rings. The molecule has 4 N–H and O–H groups in total. The highest BCUT2D eigenvalue weighted by Gasteiger charge is 2.36. The number of ether oxygens (including phenoxy) is 1. The first-order chi connectivity index (χ1) is 16.7. The van der Waals surface area contributed by atoms with E-state index in [4.69, 9.17) is 10.5 Å².